The SMILES string of the molecule is C=CC(=O)N1CCC[C@@H](n2nc(-c3ccc(NC(=O)c4cccc5c4CCCC5)c4c3OCO4)c3c(N)ncnc32)C1. The van der Waals surface area contributed by atoms with Gasteiger partial charge in [0.1, 0.15) is 17.8 Å². The third-order valence-corrected chi connectivity index (χ3v) is 8.41. The molecule has 0 spiro atoms. The number of nitrogens with zero attached hydrogens (tertiary/aromatic N) is 5. The van der Waals surface area contributed by atoms with Crippen molar-refractivity contribution in [3.8, 4) is 22.8 Å². The Bertz CT molecular complexity index is 1750. The lowest BCUT2D eigenvalue weighted by atomic mass is 9.88. The summed E-state index contributed by atoms with van der Waals surface area (Å²) in [6, 6.07) is 9.47. The molecule has 1 fully saturated rings. The fraction of sp³-hybridized carbons (Fsp3) is 0.323. The van der Waals surface area contributed by atoms with Crippen molar-refractivity contribution in [1.29, 1.82) is 0 Å². The molecule has 2 aromatic heterocycles. The van der Waals surface area contributed by atoms with Crippen LogP contribution in [0.4, 0.5) is 11.5 Å². The molecule has 0 bridgehead atoms. The molecule has 4 aromatic rings. The van der Waals surface area contributed by atoms with Gasteiger partial charge in [0.15, 0.2) is 17.1 Å². The molecule has 2 amide bonds. The first-order chi connectivity index (χ1) is 20.5. The van der Waals surface area contributed by atoms with E-state index >= 15 is 0 Å². The zero-order valence-corrected chi connectivity index (χ0v) is 23.1. The molecule has 1 aliphatic carbocycles. The normalized spacial score (nSPS) is 17.6. The van der Waals surface area contributed by atoms with Crippen molar-refractivity contribution in [3.05, 3.63) is 66.0 Å². The molecule has 1 atom stereocenters. The first-order valence-electron chi connectivity index (χ1n) is 14.3. The molecule has 2 aromatic carbocycles. The van der Waals surface area contributed by atoms with E-state index in [1.165, 1.54) is 18.0 Å². The molecule has 3 N–H and O–H groups in total. The predicted octanol–water partition coefficient (Wildman–Crippen LogP) is 4.28. The van der Waals surface area contributed by atoms with Crippen LogP contribution in [-0.4, -0.2) is 56.3 Å². The highest BCUT2D eigenvalue weighted by molar-refractivity contribution is 6.07. The highest BCUT2D eigenvalue weighted by atomic mass is 16.7. The van der Waals surface area contributed by atoms with E-state index in [0.29, 0.717) is 58.1 Å². The first-order valence-corrected chi connectivity index (χ1v) is 14.3. The Morgan fingerprint density at radius 3 is 2.81 bits per heavy atom. The summed E-state index contributed by atoms with van der Waals surface area (Å²) in [7, 11) is 0. The summed E-state index contributed by atoms with van der Waals surface area (Å²) in [6.07, 6.45) is 8.52. The van der Waals surface area contributed by atoms with Gasteiger partial charge in [-0.05, 0) is 73.9 Å². The van der Waals surface area contributed by atoms with Gasteiger partial charge in [-0.15, -0.1) is 0 Å². The van der Waals surface area contributed by atoms with Gasteiger partial charge in [0.25, 0.3) is 5.91 Å². The van der Waals surface area contributed by atoms with Crippen LogP contribution in [0.1, 0.15) is 53.2 Å². The van der Waals surface area contributed by atoms with Crippen LogP contribution < -0.4 is 20.5 Å². The second-order valence-electron chi connectivity index (χ2n) is 10.9. The second-order valence-corrected chi connectivity index (χ2v) is 10.9. The van der Waals surface area contributed by atoms with Gasteiger partial charge >= 0.3 is 0 Å². The Morgan fingerprint density at radius 1 is 1.07 bits per heavy atom. The molecular formula is C31H31N7O4. The standard InChI is InChI=1S/C31H31N7O4/c1-2-24(39)37-14-6-9-19(15-37)38-30-25(29(32)33-16-34-30)26(36-38)22-12-13-23(28-27(22)41-17-42-28)35-31(40)21-11-5-8-18-7-3-4-10-20(18)21/h2,5,8,11-13,16,19H,1,3-4,6-7,9-10,14-15,17H2,(H,35,40)(H2,32,33,34)/t19-/m1/s1. The van der Waals surface area contributed by atoms with Crippen LogP contribution in [0.3, 0.4) is 0 Å². The van der Waals surface area contributed by atoms with Gasteiger partial charge in [-0.25, -0.2) is 14.6 Å². The Morgan fingerprint density at radius 2 is 1.93 bits per heavy atom. The van der Waals surface area contributed by atoms with Gasteiger partial charge in [-0.1, -0.05) is 18.7 Å². The summed E-state index contributed by atoms with van der Waals surface area (Å²) in [4.78, 5) is 36.3. The van der Waals surface area contributed by atoms with E-state index < -0.39 is 0 Å². The molecule has 3 aliphatic rings. The molecule has 7 rings (SSSR count). The monoisotopic (exact) mass is 565 g/mol. The van der Waals surface area contributed by atoms with E-state index in [0.717, 1.165) is 44.1 Å². The smallest absolute Gasteiger partial charge is 0.256 e. The number of hydrogen-bond donors (Lipinski definition) is 2. The average molecular weight is 566 g/mol. The highest BCUT2D eigenvalue weighted by Crippen LogP contribution is 2.48. The maximum Gasteiger partial charge on any atom is 0.256 e. The van der Waals surface area contributed by atoms with Crippen molar-refractivity contribution in [3.63, 3.8) is 0 Å². The lowest BCUT2D eigenvalue weighted by molar-refractivity contribution is -0.127. The molecule has 42 heavy (non-hydrogen) atoms. The van der Waals surface area contributed by atoms with Crippen LogP contribution in [0.2, 0.25) is 0 Å². The Hall–Kier alpha value is -4.93. The molecule has 4 heterocycles. The number of aryl methyl sites for hydroxylation is 1. The number of carbonyl (C=O) groups is 2. The van der Waals surface area contributed by atoms with Crippen molar-refractivity contribution >= 4 is 34.4 Å². The highest BCUT2D eigenvalue weighted by Gasteiger charge is 2.31. The third kappa shape index (κ3) is 4.32. The van der Waals surface area contributed by atoms with E-state index in [-0.39, 0.29) is 30.5 Å². The molecule has 0 saturated carbocycles. The van der Waals surface area contributed by atoms with Crippen molar-refractivity contribution < 1.29 is 19.1 Å². The Balaban J connectivity index is 1.26. The minimum Gasteiger partial charge on any atom is -0.453 e. The number of nitrogens with one attached hydrogen (secondary N) is 1. The van der Waals surface area contributed by atoms with Crippen LogP contribution in [0.25, 0.3) is 22.3 Å². The Kier molecular flexibility index (Phi) is 6.49. The lowest BCUT2D eigenvalue weighted by Crippen LogP contribution is -2.40. The Labute approximate surface area is 242 Å². The maximum absolute atomic E-state index is 13.4. The topological polar surface area (TPSA) is 137 Å². The number of carbonyl (C=O) groups excluding carboxylic acids is 2. The molecule has 1 saturated heterocycles. The van der Waals surface area contributed by atoms with Crippen LogP contribution in [-0.2, 0) is 17.6 Å². The maximum atomic E-state index is 13.4. The van der Waals surface area contributed by atoms with Crippen LogP contribution in [0, 0.1) is 0 Å². The molecule has 2 aliphatic heterocycles. The number of rotatable bonds is 5. The third-order valence-electron chi connectivity index (χ3n) is 8.41. The number of likely N-dealkylation sites (tertiary alicyclic amines) is 1. The van der Waals surface area contributed by atoms with E-state index in [1.807, 2.05) is 22.9 Å². The number of amides is 2. The van der Waals surface area contributed by atoms with Crippen LogP contribution in [0.15, 0.2) is 49.3 Å². The number of nitrogen functional groups attached to an aromatic ring is 1. The van der Waals surface area contributed by atoms with Crippen LogP contribution >= 0.6 is 0 Å². The van der Waals surface area contributed by atoms with E-state index in [2.05, 4.69) is 27.9 Å². The minimum absolute atomic E-state index is 0.00181. The summed E-state index contributed by atoms with van der Waals surface area (Å²) in [6.45, 7) is 4.78. The summed E-state index contributed by atoms with van der Waals surface area (Å²) in [5.41, 5.74) is 11.7. The molecule has 214 valence electrons. The lowest BCUT2D eigenvalue weighted by Gasteiger charge is -2.32. The van der Waals surface area contributed by atoms with Gasteiger partial charge < -0.3 is 25.4 Å². The number of aromatic nitrogens is 4. The van der Waals surface area contributed by atoms with Gasteiger partial charge in [-0.2, -0.15) is 5.10 Å². The van der Waals surface area contributed by atoms with Gasteiger partial charge in [0, 0.05) is 24.2 Å². The number of ether oxygens (including phenoxy) is 2. The number of piperidine rings is 1. The molecule has 11 nitrogen and oxygen atoms in total. The van der Waals surface area contributed by atoms with Crippen LogP contribution in [0.5, 0.6) is 11.5 Å². The van der Waals surface area contributed by atoms with Crippen molar-refractivity contribution in [2.45, 2.75) is 44.6 Å². The number of fused-ring (bicyclic) bond motifs is 3. The first kappa shape index (κ1) is 26.0. The predicted molar refractivity (Wildman–Crippen MR) is 157 cm³/mol. The largest absolute Gasteiger partial charge is 0.453 e. The average Bonchev–Trinajstić information content (AvgIpc) is 3.67. The van der Waals surface area contributed by atoms with Crippen molar-refractivity contribution in [1.82, 2.24) is 24.6 Å². The fourth-order valence-electron chi connectivity index (χ4n) is 6.39. The number of anilines is 2. The van der Waals surface area contributed by atoms with Gasteiger partial charge in [0.05, 0.1) is 17.1 Å². The molecule has 0 radical (unpaired) electrons. The fourth-order valence-corrected chi connectivity index (χ4v) is 6.39. The van der Waals surface area contributed by atoms with Gasteiger partial charge in [-0.3, -0.25) is 9.59 Å². The van der Waals surface area contributed by atoms with Crippen molar-refractivity contribution in [2.75, 3.05) is 30.9 Å². The molecule has 11 heteroatoms. The summed E-state index contributed by atoms with van der Waals surface area (Å²) >= 11 is 0. The second kappa shape index (κ2) is 10.5. The molecular weight excluding hydrogens is 534 g/mol. The zero-order valence-electron chi connectivity index (χ0n) is 23.1. The van der Waals surface area contributed by atoms with Crippen molar-refractivity contribution in [2.24, 2.45) is 0 Å². The van der Waals surface area contributed by atoms with Gasteiger partial charge in [0.2, 0.25) is 12.7 Å². The van der Waals surface area contributed by atoms with E-state index in [9.17, 15) is 9.59 Å². The summed E-state index contributed by atoms with van der Waals surface area (Å²) < 4.78 is 13.6. The van der Waals surface area contributed by atoms with E-state index in [4.69, 9.17) is 20.3 Å². The number of benzene rings is 2. The quantitative estimate of drug-likeness (QED) is 0.342. The zero-order chi connectivity index (χ0) is 28.8. The summed E-state index contributed by atoms with van der Waals surface area (Å²) in [5, 5.41) is 8.62. The number of nitrogens with two attached hydrogens (primary N) is 1. The molecule has 0 unspecified atom stereocenters. The minimum atomic E-state index is -0.178. The van der Waals surface area contributed by atoms with E-state index in [1.54, 1.807) is 11.0 Å². The summed E-state index contributed by atoms with van der Waals surface area (Å²) in [5.74, 6) is 0.897. The number of hydrogen-bond acceptors (Lipinski definition) is 8.